The number of methoxy groups -OCH3 is 1. The zero-order chi connectivity index (χ0) is 18.0. The second-order valence-corrected chi connectivity index (χ2v) is 7.56. The summed E-state index contributed by atoms with van der Waals surface area (Å²) >= 11 is 4.92. The molecule has 132 valence electrons. The van der Waals surface area contributed by atoms with Gasteiger partial charge in [-0.15, -0.1) is 11.3 Å². The van der Waals surface area contributed by atoms with Crippen LogP contribution in [0.15, 0.2) is 21.6 Å². The molecule has 0 radical (unpaired) electrons. The van der Waals surface area contributed by atoms with E-state index in [1.54, 1.807) is 18.3 Å². The first-order valence-corrected chi connectivity index (χ1v) is 9.58. The van der Waals surface area contributed by atoms with Crippen LogP contribution in [0.3, 0.4) is 0 Å². The zero-order valence-electron chi connectivity index (χ0n) is 14.0. The molecule has 0 spiro atoms. The number of nitrogens with zero attached hydrogens (tertiary/aromatic N) is 1. The highest BCUT2D eigenvalue weighted by molar-refractivity contribution is 9.10. The van der Waals surface area contributed by atoms with E-state index in [-0.39, 0.29) is 11.7 Å². The summed E-state index contributed by atoms with van der Waals surface area (Å²) in [6.45, 7) is 2.30. The number of carbonyl (C=O) groups is 1. The summed E-state index contributed by atoms with van der Waals surface area (Å²) < 4.78 is 11.1. The summed E-state index contributed by atoms with van der Waals surface area (Å²) in [5, 5.41) is 11.0. The number of thiophene rings is 1. The maximum Gasteiger partial charge on any atom is 0.341 e. The molecule has 1 N–H and O–H groups in total. The highest BCUT2D eigenvalue weighted by atomic mass is 79.9. The number of phenolic OH excluding ortho intramolecular Hbond substituents is 1. The molecule has 1 aromatic heterocycles. The predicted molar refractivity (Wildman–Crippen MR) is 102 cm³/mol. The Hall–Kier alpha value is -1.86. The van der Waals surface area contributed by atoms with Gasteiger partial charge in [0, 0.05) is 21.1 Å². The molecule has 5 nitrogen and oxygen atoms in total. The van der Waals surface area contributed by atoms with Crippen LogP contribution >= 0.6 is 27.3 Å². The molecule has 1 aliphatic rings. The summed E-state index contributed by atoms with van der Waals surface area (Å²) in [6.07, 6.45) is 4.45. The molecule has 0 aliphatic heterocycles. The summed E-state index contributed by atoms with van der Waals surface area (Å²) in [6, 6.07) is 3.45. The number of hydrogen-bond acceptors (Lipinski definition) is 6. The highest BCUT2D eigenvalue weighted by Gasteiger charge is 2.26. The minimum absolute atomic E-state index is 0.0255. The van der Waals surface area contributed by atoms with Gasteiger partial charge in [0.2, 0.25) is 0 Å². The van der Waals surface area contributed by atoms with E-state index in [0.29, 0.717) is 28.5 Å². The molecule has 0 amide bonds. The lowest BCUT2D eigenvalue weighted by Gasteiger charge is -2.08. The summed E-state index contributed by atoms with van der Waals surface area (Å²) in [5.41, 5.74) is 2.12. The van der Waals surface area contributed by atoms with Crippen molar-refractivity contribution in [2.24, 2.45) is 4.99 Å². The van der Waals surface area contributed by atoms with E-state index in [4.69, 9.17) is 9.47 Å². The van der Waals surface area contributed by atoms with Gasteiger partial charge in [-0.1, -0.05) is 15.9 Å². The molecule has 0 fully saturated rings. The zero-order valence-corrected chi connectivity index (χ0v) is 16.4. The smallest absolute Gasteiger partial charge is 0.341 e. The average Bonchev–Trinajstić information content (AvgIpc) is 3.16. The summed E-state index contributed by atoms with van der Waals surface area (Å²) in [4.78, 5) is 17.8. The second kappa shape index (κ2) is 7.58. The third-order valence-corrected chi connectivity index (χ3v) is 5.64. The summed E-state index contributed by atoms with van der Waals surface area (Å²) in [7, 11) is 1.38. The first-order chi connectivity index (χ1) is 12.0. The van der Waals surface area contributed by atoms with Crippen molar-refractivity contribution < 1.29 is 19.4 Å². The minimum Gasteiger partial charge on any atom is -0.504 e. The molecule has 3 rings (SSSR count). The number of aliphatic imine (C=N–C) groups is 1. The molecule has 0 bridgehead atoms. The quantitative estimate of drug-likeness (QED) is 0.561. The monoisotopic (exact) mass is 423 g/mol. The van der Waals surface area contributed by atoms with Crippen molar-refractivity contribution in [3.8, 4) is 11.5 Å². The molecule has 2 aromatic rings. The number of carbonyl (C=O) groups excluding carboxylic acids is 1. The third-order valence-electron chi connectivity index (χ3n) is 3.98. The van der Waals surface area contributed by atoms with Crippen molar-refractivity contribution in [1.82, 2.24) is 0 Å². The molecule has 1 heterocycles. The van der Waals surface area contributed by atoms with Crippen LogP contribution in [0.25, 0.3) is 0 Å². The number of ether oxygens (including phenoxy) is 2. The van der Waals surface area contributed by atoms with Crippen LogP contribution in [0, 0.1) is 0 Å². The Morgan fingerprint density at radius 1 is 1.44 bits per heavy atom. The number of halogens is 1. The number of hydrogen-bond donors (Lipinski definition) is 1. The molecule has 25 heavy (non-hydrogen) atoms. The molecule has 0 atom stereocenters. The second-order valence-electron chi connectivity index (χ2n) is 5.56. The Bertz CT molecular complexity index is 844. The Labute approximate surface area is 158 Å². The van der Waals surface area contributed by atoms with Crippen molar-refractivity contribution in [3.05, 3.63) is 38.2 Å². The first-order valence-electron chi connectivity index (χ1n) is 7.97. The van der Waals surface area contributed by atoms with Crippen molar-refractivity contribution >= 4 is 44.5 Å². The van der Waals surface area contributed by atoms with Gasteiger partial charge in [0.15, 0.2) is 11.5 Å². The van der Waals surface area contributed by atoms with Crippen molar-refractivity contribution in [1.29, 1.82) is 0 Å². The maximum absolute atomic E-state index is 12.2. The van der Waals surface area contributed by atoms with Crippen molar-refractivity contribution in [2.75, 3.05) is 13.7 Å². The molecule has 1 aromatic carbocycles. The number of fused-ring (bicyclic) bond motifs is 1. The molecular weight excluding hydrogens is 406 g/mol. The first kappa shape index (κ1) is 17.9. The van der Waals surface area contributed by atoms with Gasteiger partial charge in [0.05, 0.1) is 19.3 Å². The van der Waals surface area contributed by atoms with Crippen LogP contribution in [0.1, 0.15) is 39.7 Å². The number of aromatic hydroxyl groups is 1. The Morgan fingerprint density at radius 2 is 2.24 bits per heavy atom. The Balaban J connectivity index is 2.00. The van der Waals surface area contributed by atoms with E-state index < -0.39 is 0 Å². The number of aryl methyl sites for hydroxylation is 1. The van der Waals surface area contributed by atoms with E-state index in [1.807, 2.05) is 6.92 Å². The van der Waals surface area contributed by atoms with Gasteiger partial charge < -0.3 is 14.6 Å². The van der Waals surface area contributed by atoms with Crippen LogP contribution in [-0.4, -0.2) is 31.0 Å². The van der Waals surface area contributed by atoms with Gasteiger partial charge in [-0.25, -0.2) is 9.79 Å². The molecule has 0 saturated carbocycles. The fourth-order valence-electron chi connectivity index (χ4n) is 2.88. The Kier molecular flexibility index (Phi) is 5.44. The fraction of sp³-hybridized carbons (Fsp3) is 0.333. The number of benzene rings is 1. The standard InChI is InChI=1S/C18H18BrNO4S/c1-3-24-13-8-11(19)7-10(16(13)21)9-20-17-15(18(22)23-2)12-5-4-6-14(12)25-17/h7-9,21H,3-6H2,1-2H3/b20-9+. The SMILES string of the molecule is CCOc1cc(Br)cc(/C=N/c2sc3c(c2C(=O)OC)CCC3)c1O. The molecule has 1 aliphatic carbocycles. The van der Waals surface area contributed by atoms with E-state index in [9.17, 15) is 9.90 Å². The van der Waals surface area contributed by atoms with E-state index >= 15 is 0 Å². The maximum atomic E-state index is 12.2. The van der Waals surface area contributed by atoms with Gasteiger partial charge in [0.25, 0.3) is 0 Å². The topological polar surface area (TPSA) is 68.1 Å². The van der Waals surface area contributed by atoms with Gasteiger partial charge in [-0.05, 0) is 43.9 Å². The number of rotatable bonds is 5. The molecule has 0 saturated heterocycles. The lowest BCUT2D eigenvalue weighted by atomic mass is 10.1. The third kappa shape index (κ3) is 3.57. The lowest BCUT2D eigenvalue weighted by molar-refractivity contribution is 0.0601. The van der Waals surface area contributed by atoms with Crippen molar-refractivity contribution in [2.45, 2.75) is 26.2 Å². The van der Waals surface area contributed by atoms with Crippen LogP contribution in [0.5, 0.6) is 11.5 Å². The lowest BCUT2D eigenvalue weighted by Crippen LogP contribution is -2.03. The predicted octanol–water partition coefficient (Wildman–Crippen LogP) is 4.64. The molecule has 7 heteroatoms. The fourth-order valence-corrected chi connectivity index (χ4v) is 4.56. The molecular formula is C18H18BrNO4S. The van der Waals surface area contributed by atoms with E-state index in [2.05, 4.69) is 20.9 Å². The summed E-state index contributed by atoms with van der Waals surface area (Å²) in [5.74, 6) is 0.0534. The molecule has 0 unspecified atom stereocenters. The highest BCUT2D eigenvalue weighted by Crippen LogP contribution is 2.41. The largest absolute Gasteiger partial charge is 0.504 e. The van der Waals surface area contributed by atoms with Gasteiger partial charge in [-0.3, -0.25) is 0 Å². The number of esters is 1. The average molecular weight is 424 g/mol. The van der Waals surface area contributed by atoms with Gasteiger partial charge in [0.1, 0.15) is 5.00 Å². The van der Waals surface area contributed by atoms with Crippen LogP contribution < -0.4 is 4.74 Å². The number of phenols is 1. The normalized spacial score (nSPS) is 13.2. The van der Waals surface area contributed by atoms with Gasteiger partial charge >= 0.3 is 5.97 Å². The van der Waals surface area contributed by atoms with Crippen molar-refractivity contribution in [3.63, 3.8) is 0 Å². The van der Waals surface area contributed by atoms with Gasteiger partial charge in [-0.2, -0.15) is 0 Å². The van der Waals surface area contributed by atoms with Crippen LogP contribution in [0.2, 0.25) is 0 Å². The minimum atomic E-state index is -0.361. The Morgan fingerprint density at radius 3 is 2.96 bits per heavy atom. The van der Waals surface area contributed by atoms with Crippen LogP contribution in [-0.2, 0) is 17.6 Å². The van der Waals surface area contributed by atoms with E-state index in [1.165, 1.54) is 23.3 Å². The van der Waals surface area contributed by atoms with E-state index in [0.717, 1.165) is 29.3 Å². The van der Waals surface area contributed by atoms with Crippen LogP contribution in [0.4, 0.5) is 5.00 Å².